The number of hydrogen-bond donors (Lipinski definition) is 2. The highest BCUT2D eigenvalue weighted by molar-refractivity contribution is 6.39. The number of benzene rings is 2. The molecule has 0 aliphatic rings. The van der Waals surface area contributed by atoms with E-state index < -0.39 is 17.8 Å². The molecule has 0 saturated carbocycles. The average Bonchev–Trinajstić information content (AvgIpc) is 2.71. The first-order valence-electron chi connectivity index (χ1n) is 8.95. The van der Waals surface area contributed by atoms with Gasteiger partial charge in [-0.25, -0.2) is 10.2 Å². The molecule has 0 fully saturated rings. The number of esters is 1. The SMILES string of the molecule is CCOC(=O)c1ccc(NC(=O)C(=O)N/N=C(\C)CCc2ccccc2)cc1. The molecule has 2 rings (SSSR count). The van der Waals surface area contributed by atoms with Gasteiger partial charge in [0, 0.05) is 11.4 Å². The minimum atomic E-state index is -0.867. The van der Waals surface area contributed by atoms with Gasteiger partial charge >= 0.3 is 17.8 Å². The van der Waals surface area contributed by atoms with Gasteiger partial charge in [-0.15, -0.1) is 0 Å². The quantitative estimate of drug-likeness (QED) is 0.333. The van der Waals surface area contributed by atoms with E-state index in [1.165, 1.54) is 29.8 Å². The van der Waals surface area contributed by atoms with Crippen LogP contribution in [-0.4, -0.2) is 30.1 Å². The Labute approximate surface area is 163 Å². The Kier molecular flexibility index (Phi) is 7.90. The molecule has 2 aromatic rings. The summed E-state index contributed by atoms with van der Waals surface area (Å²) in [6, 6.07) is 16.0. The molecule has 7 nitrogen and oxygen atoms in total. The fourth-order valence-corrected chi connectivity index (χ4v) is 2.31. The second-order valence-electron chi connectivity index (χ2n) is 6.03. The van der Waals surface area contributed by atoms with Crippen LogP contribution in [-0.2, 0) is 20.7 Å². The smallest absolute Gasteiger partial charge is 0.338 e. The Morgan fingerprint density at radius 3 is 2.29 bits per heavy atom. The van der Waals surface area contributed by atoms with Crippen molar-refractivity contribution in [3.05, 3.63) is 65.7 Å². The van der Waals surface area contributed by atoms with Crippen molar-refractivity contribution in [2.45, 2.75) is 26.7 Å². The molecular formula is C21H23N3O4. The van der Waals surface area contributed by atoms with Crippen LogP contribution in [0, 0.1) is 0 Å². The summed E-state index contributed by atoms with van der Waals surface area (Å²) in [6.07, 6.45) is 1.46. The van der Waals surface area contributed by atoms with Gasteiger partial charge < -0.3 is 10.1 Å². The van der Waals surface area contributed by atoms with Crippen molar-refractivity contribution in [1.82, 2.24) is 5.43 Å². The van der Waals surface area contributed by atoms with Crippen molar-refractivity contribution in [2.24, 2.45) is 5.10 Å². The van der Waals surface area contributed by atoms with Gasteiger partial charge in [-0.1, -0.05) is 30.3 Å². The van der Waals surface area contributed by atoms with Crippen LogP contribution in [0.2, 0.25) is 0 Å². The molecule has 2 amide bonds. The topological polar surface area (TPSA) is 96.9 Å². The van der Waals surface area contributed by atoms with Crippen LogP contribution in [0.25, 0.3) is 0 Å². The number of carbonyl (C=O) groups excluding carboxylic acids is 3. The first-order chi connectivity index (χ1) is 13.5. The molecule has 0 heterocycles. The molecule has 0 aliphatic carbocycles. The number of ether oxygens (including phenoxy) is 1. The molecule has 28 heavy (non-hydrogen) atoms. The van der Waals surface area contributed by atoms with Crippen LogP contribution < -0.4 is 10.7 Å². The van der Waals surface area contributed by atoms with Crippen molar-refractivity contribution in [3.63, 3.8) is 0 Å². The van der Waals surface area contributed by atoms with E-state index in [4.69, 9.17) is 4.74 Å². The van der Waals surface area contributed by atoms with E-state index in [9.17, 15) is 14.4 Å². The first kappa shape index (κ1) is 20.8. The van der Waals surface area contributed by atoms with Gasteiger partial charge in [-0.05, 0) is 56.5 Å². The Hall–Kier alpha value is -3.48. The van der Waals surface area contributed by atoms with Crippen LogP contribution in [0.15, 0.2) is 59.7 Å². The molecule has 0 aromatic heterocycles. The highest BCUT2D eigenvalue weighted by Crippen LogP contribution is 2.10. The molecule has 0 spiro atoms. The maximum absolute atomic E-state index is 11.9. The maximum atomic E-state index is 11.9. The Bertz CT molecular complexity index is 846. The van der Waals surface area contributed by atoms with E-state index in [1.807, 2.05) is 30.3 Å². The van der Waals surface area contributed by atoms with Crippen molar-refractivity contribution in [1.29, 1.82) is 0 Å². The summed E-state index contributed by atoms with van der Waals surface area (Å²) >= 11 is 0. The first-order valence-corrected chi connectivity index (χ1v) is 8.95. The summed E-state index contributed by atoms with van der Waals surface area (Å²) in [7, 11) is 0. The lowest BCUT2D eigenvalue weighted by atomic mass is 10.1. The predicted octanol–water partition coefficient (Wildman–Crippen LogP) is 2.93. The van der Waals surface area contributed by atoms with E-state index >= 15 is 0 Å². The number of amides is 2. The lowest BCUT2D eigenvalue weighted by Crippen LogP contribution is -2.32. The normalized spacial score (nSPS) is 10.9. The van der Waals surface area contributed by atoms with Gasteiger partial charge in [0.1, 0.15) is 0 Å². The van der Waals surface area contributed by atoms with Crippen molar-refractivity contribution < 1.29 is 19.1 Å². The van der Waals surface area contributed by atoms with Crippen LogP contribution in [0.1, 0.15) is 36.2 Å². The van der Waals surface area contributed by atoms with E-state index in [1.54, 1.807) is 13.8 Å². The van der Waals surface area contributed by atoms with Crippen LogP contribution >= 0.6 is 0 Å². The summed E-state index contributed by atoms with van der Waals surface area (Å²) in [5, 5.41) is 6.40. The molecular weight excluding hydrogens is 358 g/mol. The average molecular weight is 381 g/mol. The summed E-state index contributed by atoms with van der Waals surface area (Å²) in [6.45, 7) is 3.79. The molecule has 0 unspecified atom stereocenters. The predicted molar refractivity (Wildman–Crippen MR) is 107 cm³/mol. The fourth-order valence-electron chi connectivity index (χ4n) is 2.31. The lowest BCUT2D eigenvalue weighted by Gasteiger charge is -2.06. The van der Waals surface area contributed by atoms with Gasteiger partial charge in [0.25, 0.3) is 0 Å². The standard InChI is InChI=1S/C21H23N3O4/c1-3-28-21(27)17-11-13-18(14-12-17)22-19(25)20(26)24-23-15(2)9-10-16-7-5-4-6-8-16/h4-8,11-14H,3,9-10H2,1-2H3,(H,22,25)(H,24,26)/b23-15+. The molecule has 7 heteroatoms. The monoisotopic (exact) mass is 381 g/mol. The van der Waals surface area contributed by atoms with Crippen LogP contribution in [0.3, 0.4) is 0 Å². The zero-order valence-corrected chi connectivity index (χ0v) is 15.9. The molecule has 0 saturated heterocycles. The summed E-state index contributed by atoms with van der Waals surface area (Å²) in [4.78, 5) is 35.4. The number of hydrogen-bond acceptors (Lipinski definition) is 5. The van der Waals surface area contributed by atoms with Crippen LogP contribution in [0.4, 0.5) is 5.69 Å². The lowest BCUT2D eigenvalue weighted by molar-refractivity contribution is -0.136. The van der Waals surface area contributed by atoms with E-state index in [2.05, 4.69) is 15.8 Å². The van der Waals surface area contributed by atoms with Crippen molar-refractivity contribution >= 4 is 29.2 Å². The van der Waals surface area contributed by atoms with Gasteiger partial charge in [-0.2, -0.15) is 5.10 Å². The van der Waals surface area contributed by atoms with Crippen molar-refractivity contribution in [3.8, 4) is 0 Å². The van der Waals surface area contributed by atoms with E-state index in [0.29, 0.717) is 23.4 Å². The fraction of sp³-hybridized carbons (Fsp3) is 0.238. The summed E-state index contributed by atoms with van der Waals surface area (Å²) in [5.74, 6) is -2.16. The second-order valence-corrected chi connectivity index (χ2v) is 6.03. The number of nitrogens with one attached hydrogen (secondary N) is 2. The zero-order chi connectivity index (χ0) is 20.4. The van der Waals surface area contributed by atoms with Gasteiger partial charge in [-0.3, -0.25) is 9.59 Å². The third kappa shape index (κ3) is 6.68. The third-order valence-corrected chi connectivity index (χ3v) is 3.83. The number of aryl methyl sites for hydroxylation is 1. The number of carbonyl (C=O) groups is 3. The number of nitrogens with zero attached hydrogens (tertiary/aromatic N) is 1. The molecule has 146 valence electrons. The van der Waals surface area contributed by atoms with Crippen molar-refractivity contribution in [2.75, 3.05) is 11.9 Å². The molecule has 0 atom stereocenters. The number of rotatable bonds is 7. The summed E-state index contributed by atoms with van der Waals surface area (Å²) < 4.78 is 4.88. The Morgan fingerprint density at radius 1 is 0.964 bits per heavy atom. The Morgan fingerprint density at radius 2 is 1.64 bits per heavy atom. The van der Waals surface area contributed by atoms with Gasteiger partial charge in [0.15, 0.2) is 0 Å². The minimum absolute atomic E-state index is 0.281. The van der Waals surface area contributed by atoms with Gasteiger partial charge in [0.2, 0.25) is 0 Å². The largest absolute Gasteiger partial charge is 0.462 e. The van der Waals surface area contributed by atoms with E-state index in [0.717, 1.165) is 6.42 Å². The molecule has 0 bridgehead atoms. The minimum Gasteiger partial charge on any atom is -0.462 e. The molecule has 0 radical (unpaired) electrons. The molecule has 2 N–H and O–H groups in total. The maximum Gasteiger partial charge on any atom is 0.338 e. The Balaban J connectivity index is 1.81. The third-order valence-electron chi connectivity index (χ3n) is 3.83. The highest BCUT2D eigenvalue weighted by atomic mass is 16.5. The highest BCUT2D eigenvalue weighted by Gasteiger charge is 2.14. The summed E-state index contributed by atoms with van der Waals surface area (Å²) in [5.41, 5.74) is 4.88. The molecule has 2 aromatic carbocycles. The van der Waals surface area contributed by atoms with E-state index in [-0.39, 0.29) is 6.61 Å². The van der Waals surface area contributed by atoms with Gasteiger partial charge in [0.05, 0.1) is 12.2 Å². The molecule has 0 aliphatic heterocycles. The van der Waals surface area contributed by atoms with Crippen LogP contribution in [0.5, 0.6) is 0 Å². The number of hydrazone groups is 1. The second kappa shape index (κ2) is 10.6. The zero-order valence-electron chi connectivity index (χ0n) is 15.9. The number of anilines is 1.